The number of hydrogen-bond donors (Lipinski definition) is 0. The monoisotopic (exact) mass is 297 g/mol. The van der Waals surface area contributed by atoms with Gasteiger partial charge in [-0.25, -0.2) is 8.42 Å². The van der Waals surface area contributed by atoms with E-state index in [2.05, 4.69) is 0 Å². The van der Waals surface area contributed by atoms with E-state index in [4.69, 9.17) is 11.6 Å². The molecule has 96 valence electrons. The molecule has 1 aliphatic heterocycles. The molecule has 1 aliphatic rings. The summed E-state index contributed by atoms with van der Waals surface area (Å²) in [5, 5.41) is 0. The number of rotatable bonds is 3. The van der Waals surface area contributed by atoms with Crippen molar-refractivity contribution < 1.29 is 12.8 Å². The third-order valence-corrected chi connectivity index (χ3v) is 6.53. The number of halogens is 2. The molecule has 0 aliphatic carbocycles. The van der Waals surface area contributed by atoms with Gasteiger partial charge in [0, 0.05) is 13.1 Å². The highest BCUT2D eigenvalue weighted by atomic mass is 35.5. The summed E-state index contributed by atoms with van der Waals surface area (Å²) in [5.74, 6) is 0.00775. The molecule has 1 fully saturated rings. The van der Waals surface area contributed by atoms with Gasteiger partial charge in [0.25, 0.3) is 10.0 Å². The molecule has 0 amide bonds. The average molecular weight is 298 g/mol. The van der Waals surface area contributed by atoms with Crippen molar-refractivity contribution in [3.8, 4) is 0 Å². The van der Waals surface area contributed by atoms with Gasteiger partial charge in [-0.15, -0.1) is 11.3 Å². The maximum absolute atomic E-state index is 12.4. The number of alkyl halides is 1. The molecule has 2 heterocycles. The molecular weight excluding hydrogens is 285 g/mol. The molecule has 3 nitrogen and oxygen atoms in total. The Bertz CT molecular complexity index is 480. The van der Waals surface area contributed by atoms with E-state index in [-0.39, 0.29) is 16.8 Å². The summed E-state index contributed by atoms with van der Waals surface area (Å²) in [6, 6.07) is 3.09. The molecule has 1 aromatic heterocycles. The molecule has 1 saturated heterocycles. The van der Waals surface area contributed by atoms with Gasteiger partial charge in [0.2, 0.25) is 0 Å². The summed E-state index contributed by atoms with van der Waals surface area (Å²) in [6.07, 6.45) is 1.18. The molecule has 0 unspecified atom stereocenters. The van der Waals surface area contributed by atoms with E-state index in [1.807, 2.05) is 0 Å². The zero-order valence-electron chi connectivity index (χ0n) is 9.10. The minimum absolute atomic E-state index is 0.00775. The molecular formula is C10H13ClFNO2S2. The first-order valence-corrected chi connectivity index (χ1v) is 7.99. The molecule has 17 heavy (non-hydrogen) atoms. The number of piperidine rings is 1. The van der Waals surface area contributed by atoms with E-state index in [1.54, 1.807) is 6.07 Å². The number of thiophene rings is 1. The predicted molar refractivity (Wildman–Crippen MR) is 66.8 cm³/mol. The van der Waals surface area contributed by atoms with Crippen LogP contribution in [0.4, 0.5) is 4.39 Å². The smallest absolute Gasteiger partial charge is 0.251 e. The van der Waals surface area contributed by atoms with Crippen LogP contribution < -0.4 is 0 Å². The van der Waals surface area contributed by atoms with Gasteiger partial charge in [-0.2, -0.15) is 4.31 Å². The summed E-state index contributed by atoms with van der Waals surface area (Å²) in [7, 11) is -3.43. The predicted octanol–water partition coefficient (Wildman–Crippen LogP) is 2.77. The van der Waals surface area contributed by atoms with Crippen molar-refractivity contribution in [2.45, 2.75) is 17.1 Å². The van der Waals surface area contributed by atoms with Gasteiger partial charge < -0.3 is 0 Å². The Morgan fingerprint density at radius 1 is 1.41 bits per heavy atom. The van der Waals surface area contributed by atoms with Crippen molar-refractivity contribution in [2.75, 3.05) is 19.8 Å². The van der Waals surface area contributed by atoms with Crippen LogP contribution in [0.2, 0.25) is 4.34 Å². The van der Waals surface area contributed by atoms with Crippen LogP contribution >= 0.6 is 22.9 Å². The van der Waals surface area contributed by atoms with Crippen LogP contribution in [0, 0.1) is 5.92 Å². The van der Waals surface area contributed by atoms with E-state index in [9.17, 15) is 12.8 Å². The minimum Gasteiger partial charge on any atom is -0.251 e. The molecule has 2 rings (SSSR count). The molecule has 0 bridgehead atoms. The Kier molecular flexibility index (Phi) is 4.07. The first-order chi connectivity index (χ1) is 8.04. The van der Waals surface area contributed by atoms with Crippen LogP contribution in [-0.2, 0) is 10.0 Å². The second-order valence-corrected chi connectivity index (χ2v) is 7.94. The zero-order valence-corrected chi connectivity index (χ0v) is 11.5. The molecule has 0 saturated carbocycles. The lowest BCUT2D eigenvalue weighted by molar-refractivity contribution is 0.233. The second-order valence-electron chi connectivity index (χ2n) is 4.06. The lowest BCUT2D eigenvalue weighted by atomic mass is 10.0. The molecule has 0 spiro atoms. The molecule has 0 radical (unpaired) electrons. The Morgan fingerprint density at radius 3 is 2.53 bits per heavy atom. The van der Waals surface area contributed by atoms with E-state index < -0.39 is 10.0 Å². The van der Waals surface area contributed by atoms with Gasteiger partial charge in [-0.05, 0) is 30.9 Å². The summed E-state index contributed by atoms with van der Waals surface area (Å²) in [5.41, 5.74) is 0. The van der Waals surface area contributed by atoms with E-state index in [0.717, 1.165) is 11.3 Å². The van der Waals surface area contributed by atoms with Gasteiger partial charge in [-0.1, -0.05) is 11.6 Å². The fourth-order valence-electron chi connectivity index (χ4n) is 1.87. The standard InChI is InChI=1S/C10H13ClFNO2S2/c11-9-1-2-10(16-9)17(14,15)13-5-3-8(7-12)4-6-13/h1-2,8H,3-7H2. The Hall–Kier alpha value is -0.170. The van der Waals surface area contributed by atoms with E-state index in [0.29, 0.717) is 30.3 Å². The van der Waals surface area contributed by atoms with Crippen LogP contribution in [-0.4, -0.2) is 32.5 Å². The summed E-state index contributed by atoms with van der Waals surface area (Å²) in [4.78, 5) is 0. The summed E-state index contributed by atoms with van der Waals surface area (Å²) < 4.78 is 38.9. The van der Waals surface area contributed by atoms with Crippen LogP contribution in [0.15, 0.2) is 16.3 Å². The second kappa shape index (κ2) is 5.22. The molecule has 0 atom stereocenters. The Balaban J connectivity index is 2.12. The van der Waals surface area contributed by atoms with E-state index in [1.165, 1.54) is 10.4 Å². The van der Waals surface area contributed by atoms with Crippen molar-refractivity contribution in [2.24, 2.45) is 5.92 Å². The first kappa shape index (κ1) is 13.3. The Morgan fingerprint density at radius 2 is 2.06 bits per heavy atom. The van der Waals surface area contributed by atoms with Crippen molar-refractivity contribution in [3.05, 3.63) is 16.5 Å². The first-order valence-electron chi connectivity index (χ1n) is 5.35. The van der Waals surface area contributed by atoms with Gasteiger partial charge in [0.15, 0.2) is 0 Å². The summed E-state index contributed by atoms with van der Waals surface area (Å²) in [6.45, 7) is 0.428. The maximum atomic E-state index is 12.4. The van der Waals surface area contributed by atoms with Crippen LogP contribution in [0.1, 0.15) is 12.8 Å². The molecule has 0 N–H and O–H groups in total. The number of sulfonamides is 1. The highest BCUT2D eigenvalue weighted by Gasteiger charge is 2.30. The minimum atomic E-state index is -3.43. The van der Waals surface area contributed by atoms with Crippen LogP contribution in [0.5, 0.6) is 0 Å². The van der Waals surface area contributed by atoms with Crippen molar-refractivity contribution in [1.82, 2.24) is 4.31 Å². The largest absolute Gasteiger partial charge is 0.252 e. The number of hydrogen-bond acceptors (Lipinski definition) is 3. The van der Waals surface area contributed by atoms with Gasteiger partial charge in [0.1, 0.15) is 4.21 Å². The highest BCUT2D eigenvalue weighted by molar-refractivity contribution is 7.91. The number of nitrogens with zero attached hydrogens (tertiary/aromatic N) is 1. The van der Waals surface area contributed by atoms with Crippen LogP contribution in [0.3, 0.4) is 0 Å². The fraction of sp³-hybridized carbons (Fsp3) is 0.600. The van der Waals surface area contributed by atoms with Crippen molar-refractivity contribution in [1.29, 1.82) is 0 Å². The fourth-order valence-corrected chi connectivity index (χ4v) is 4.97. The van der Waals surface area contributed by atoms with Crippen molar-refractivity contribution in [3.63, 3.8) is 0 Å². The quantitative estimate of drug-likeness (QED) is 0.860. The maximum Gasteiger partial charge on any atom is 0.252 e. The lowest BCUT2D eigenvalue weighted by Gasteiger charge is -2.29. The SMILES string of the molecule is O=S(=O)(c1ccc(Cl)s1)N1CCC(CF)CC1. The van der Waals surface area contributed by atoms with Gasteiger partial charge in [0.05, 0.1) is 11.0 Å². The Labute approximate surface area is 109 Å². The van der Waals surface area contributed by atoms with Gasteiger partial charge in [-0.3, -0.25) is 4.39 Å². The normalized spacial score (nSPS) is 19.6. The van der Waals surface area contributed by atoms with Crippen molar-refractivity contribution >= 4 is 33.0 Å². The lowest BCUT2D eigenvalue weighted by Crippen LogP contribution is -2.38. The molecule has 1 aromatic rings. The third-order valence-electron chi connectivity index (χ3n) is 2.93. The zero-order chi connectivity index (χ0) is 12.5. The molecule has 7 heteroatoms. The van der Waals surface area contributed by atoms with Gasteiger partial charge >= 0.3 is 0 Å². The highest BCUT2D eigenvalue weighted by Crippen LogP contribution is 2.30. The topological polar surface area (TPSA) is 37.4 Å². The van der Waals surface area contributed by atoms with E-state index >= 15 is 0 Å². The average Bonchev–Trinajstić information content (AvgIpc) is 2.77. The summed E-state index contributed by atoms with van der Waals surface area (Å²) >= 11 is 6.79. The van der Waals surface area contributed by atoms with Crippen LogP contribution in [0.25, 0.3) is 0 Å². The third kappa shape index (κ3) is 2.81. The molecule has 0 aromatic carbocycles.